The van der Waals surface area contributed by atoms with E-state index in [0.29, 0.717) is 17.3 Å². The molecule has 0 aromatic rings. The molecular weight excluding hydrogens is 225 g/mol. The maximum absolute atomic E-state index is 6.19. The smallest absolute Gasteiger partial charge is 0.403 e. The molecule has 0 bridgehead atoms. The maximum atomic E-state index is 6.19. The molecule has 1 aliphatic heterocycles. The van der Waals surface area contributed by atoms with Crippen molar-refractivity contribution in [3.8, 4) is 0 Å². The normalized spacial score (nSPS) is 45.5. The molecule has 2 saturated carbocycles. The van der Waals surface area contributed by atoms with Crippen LogP contribution in [-0.4, -0.2) is 24.4 Å². The predicted molar refractivity (Wildman–Crippen MR) is 73.3 cm³/mol. The lowest BCUT2D eigenvalue weighted by Crippen LogP contribution is -2.41. The van der Waals surface area contributed by atoms with E-state index in [1.54, 1.807) is 0 Å². The Morgan fingerprint density at radius 2 is 1.50 bits per heavy atom. The lowest BCUT2D eigenvalue weighted by atomic mass is 9.71. The average molecular weight is 251 g/mol. The second kappa shape index (κ2) is 3.74. The molecule has 1 unspecified atom stereocenters. The van der Waals surface area contributed by atoms with Crippen molar-refractivity contribution in [3.63, 3.8) is 0 Å². The standard InChI is InChI=1S/C14H26BNO2/c1-12(2)13(3,4)18-15(17-12)11-9-14(11)7-5-10(16)6-8-14/h10-11H,5-9,16H2,1-4H3. The first-order chi connectivity index (χ1) is 8.26. The minimum Gasteiger partial charge on any atom is -0.403 e. The maximum Gasteiger partial charge on any atom is 0.461 e. The Hall–Kier alpha value is -0.0551. The van der Waals surface area contributed by atoms with Crippen molar-refractivity contribution in [1.29, 1.82) is 0 Å². The van der Waals surface area contributed by atoms with Crippen molar-refractivity contribution in [2.45, 2.75) is 82.9 Å². The average Bonchev–Trinajstić information content (AvgIpc) is 2.90. The summed E-state index contributed by atoms with van der Waals surface area (Å²) in [5.41, 5.74) is 6.13. The highest BCUT2D eigenvalue weighted by Crippen LogP contribution is 2.68. The third-order valence-electron chi connectivity index (χ3n) is 5.88. The van der Waals surface area contributed by atoms with Crippen molar-refractivity contribution in [3.05, 3.63) is 0 Å². The highest BCUT2D eigenvalue weighted by atomic mass is 16.7. The third kappa shape index (κ3) is 1.84. The van der Waals surface area contributed by atoms with Crippen molar-refractivity contribution in [1.82, 2.24) is 0 Å². The fourth-order valence-corrected chi connectivity index (χ4v) is 3.61. The van der Waals surface area contributed by atoms with Gasteiger partial charge in [0.1, 0.15) is 0 Å². The molecule has 3 fully saturated rings. The Morgan fingerprint density at radius 3 is 2.00 bits per heavy atom. The lowest BCUT2D eigenvalue weighted by Gasteiger charge is -2.32. The SMILES string of the molecule is CC1(C)OB(C2CC23CCC(N)CC3)OC1(C)C. The molecule has 0 aromatic carbocycles. The highest BCUT2D eigenvalue weighted by Gasteiger charge is 2.66. The zero-order valence-electron chi connectivity index (χ0n) is 12.2. The van der Waals surface area contributed by atoms with E-state index in [1.165, 1.54) is 32.1 Å². The first-order valence-electron chi connectivity index (χ1n) is 7.37. The lowest BCUT2D eigenvalue weighted by molar-refractivity contribution is 0.00578. The molecule has 3 aliphatic rings. The van der Waals surface area contributed by atoms with Crippen LogP contribution in [0, 0.1) is 5.41 Å². The van der Waals surface area contributed by atoms with Gasteiger partial charge in [0.25, 0.3) is 0 Å². The summed E-state index contributed by atoms with van der Waals surface area (Å²) in [4.78, 5) is 0. The first kappa shape index (κ1) is 13.0. The summed E-state index contributed by atoms with van der Waals surface area (Å²) in [6.45, 7) is 8.55. The van der Waals surface area contributed by atoms with Crippen LogP contribution in [0.4, 0.5) is 0 Å². The van der Waals surface area contributed by atoms with Gasteiger partial charge in [-0.15, -0.1) is 0 Å². The fraction of sp³-hybridized carbons (Fsp3) is 1.00. The predicted octanol–water partition coefficient (Wildman–Crippen LogP) is 2.74. The van der Waals surface area contributed by atoms with Crippen molar-refractivity contribution in [2.24, 2.45) is 11.1 Å². The zero-order valence-corrected chi connectivity index (χ0v) is 12.2. The van der Waals surface area contributed by atoms with Gasteiger partial charge in [-0.25, -0.2) is 0 Å². The molecule has 3 rings (SSSR count). The van der Waals surface area contributed by atoms with Crippen LogP contribution in [0.15, 0.2) is 0 Å². The summed E-state index contributed by atoms with van der Waals surface area (Å²) >= 11 is 0. The molecule has 1 atom stereocenters. The molecule has 4 heteroatoms. The molecule has 18 heavy (non-hydrogen) atoms. The Bertz CT molecular complexity index is 332. The summed E-state index contributed by atoms with van der Waals surface area (Å²) in [7, 11) is 0.00400. The minimum absolute atomic E-state index is 0.00400. The number of rotatable bonds is 1. The topological polar surface area (TPSA) is 44.5 Å². The van der Waals surface area contributed by atoms with Gasteiger partial charge in [-0.05, 0) is 65.2 Å². The van der Waals surface area contributed by atoms with Gasteiger partial charge in [0.15, 0.2) is 0 Å². The summed E-state index contributed by atoms with van der Waals surface area (Å²) < 4.78 is 12.4. The van der Waals surface area contributed by atoms with E-state index in [2.05, 4.69) is 27.7 Å². The van der Waals surface area contributed by atoms with Crippen LogP contribution >= 0.6 is 0 Å². The van der Waals surface area contributed by atoms with Crippen LogP contribution in [0.25, 0.3) is 0 Å². The zero-order chi connectivity index (χ0) is 13.2. The Labute approximate surface area is 111 Å². The van der Waals surface area contributed by atoms with E-state index in [0.717, 1.165) is 0 Å². The van der Waals surface area contributed by atoms with Gasteiger partial charge in [0, 0.05) is 11.9 Å². The fourth-order valence-electron chi connectivity index (χ4n) is 3.61. The van der Waals surface area contributed by atoms with Gasteiger partial charge in [-0.1, -0.05) is 0 Å². The minimum atomic E-state index is -0.188. The summed E-state index contributed by atoms with van der Waals surface area (Å²) in [5.74, 6) is 0.603. The second-order valence-corrected chi connectivity index (χ2v) is 7.64. The Kier molecular flexibility index (Phi) is 2.69. The molecule has 0 amide bonds. The first-order valence-corrected chi connectivity index (χ1v) is 7.37. The largest absolute Gasteiger partial charge is 0.461 e. The molecular formula is C14H26BNO2. The van der Waals surface area contributed by atoms with E-state index in [9.17, 15) is 0 Å². The van der Waals surface area contributed by atoms with E-state index < -0.39 is 0 Å². The molecule has 2 N–H and O–H groups in total. The summed E-state index contributed by atoms with van der Waals surface area (Å²) in [5, 5.41) is 0. The van der Waals surface area contributed by atoms with Crippen molar-refractivity contribution < 1.29 is 9.31 Å². The van der Waals surface area contributed by atoms with E-state index in [1.807, 2.05) is 0 Å². The summed E-state index contributed by atoms with van der Waals surface area (Å²) in [6.07, 6.45) is 6.16. The molecule has 0 radical (unpaired) electrons. The van der Waals surface area contributed by atoms with E-state index >= 15 is 0 Å². The van der Waals surface area contributed by atoms with Crippen LogP contribution in [0.3, 0.4) is 0 Å². The number of hydrogen-bond acceptors (Lipinski definition) is 3. The van der Waals surface area contributed by atoms with E-state index in [4.69, 9.17) is 15.0 Å². The van der Waals surface area contributed by atoms with Gasteiger partial charge in [0.05, 0.1) is 11.2 Å². The molecule has 0 aromatic heterocycles. The monoisotopic (exact) mass is 251 g/mol. The quantitative estimate of drug-likeness (QED) is 0.729. The van der Waals surface area contributed by atoms with Crippen LogP contribution in [-0.2, 0) is 9.31 Å². The molecule has 102 valence electrons. The Morgan fingerprint density at radius 1 is 1.00 bits per heavy atom. The van der Waals surface area contributed by atoms with Gasteiger partial charge in [-0.3, -0.25) is 0 Å². The van der Waals surface area contributed by atoms with E-state index in [-0.39, 0.29) is 18.3 Å². The molecule has 1 spiro atoms. The van der Waals surface area contributed by atoms with Gasteiger partial charge < -0.3 is 15.0 Å². The Balaban J connectivity index is 1.66. The van der Waals surface area contributed by atoms with Crippen molar-refractivity contribution >= 4 is 7.12 Å². The third-order valence-corrected chi connectivity index (χ3v) is 5.88. The van der Waals surface area contributed by atoms with Crippen molar-refractivity contribution in [2.75, 3.05) is 0 Å². The number of hydrogen-bond donors (Lipinski definition) is 1. The molecule has 2 aliphatic carbocycles. The molecule has 1 heterocycles. The molecule has 1 saturated heterocycles. The number of nitrogens with two attached hydrogens (primary N) is 1. The van der Waals surface area contributed by atoms with Crippen LogP contribution < -0.4 is 5.73 Å². The second-order valence-electron chi connectivity index (χ2n) is 7.64. The van der Waals surface area contributed by atoms with Gasteiger partial charge in [0.2, 0.25) is 0 Å². The van der Waals surface area contributed by atoms with Crippen LogP contribution in [0.1, 0.15) is 59.8 Å². The van der Waals surface area contributed by atoms with Crippen LogP contribution in [0.2, 0.25) is 5.82 Å². The van der Waals surface area contributed by atoms with Crippen LogP contribution in [0.5, 0.6) is 0 Å². The highest BCUT2D eigenvalue weighted by molar-refractivity contribution is 6.49. The summed E-state index contributed by atoms with van der Waals surface area (Å²) in [6, 6.07) is 0.426. The van der Waals surface area contributed by atoms with Gasteiger partial charge in [-0.2, -0.15) is 0 Å². The van der Waals surface area contributed by atoms with Gasteiger partial charge >= 0.3 is 7.12 Å². The molecule has 3 nitrogen and oxygen atoms in total.